The predicted molar refractivity (Wildman–Crippen MR) is 133 cm³/mol. The van der Waals surface area contributed by atoms with Crippen LogP contribution in [0, 0.1) is 11.6 Å². The number of nitrogens with zero attached hydrogens (tertiary/aromatic N) is 2. The van der Waals surface area contributed by atoms with Gasteiger partial charge in [0.2, 0.25) is 5.43 Å². The molecule has 1 N–H and O–H groups in total. The average Bonchev–Trinajstić information content (AvgIpc) is 3.03. The van der Waals surface area contributed by atoms with Crippen LogP contribution in [-0.2, 0) is 17.9 Å². The fourth-order valence-electron chi connectivity index (χ4n) is 4.54. The Bertz CT molecular complexity index is 1530. The van der Waals surface area contributed by atoms with Gasteiger partial charge in [-0.05, 0) is 24.6 Å². The highest BCUT2D eigenvalue weighted by molar-refractivity contribution is 6.03. The Morgan fingerprint density at radius 3 is 2.61 bits per heavy atom. The molecule has 0 aliphatic carbocycles. The SMILES string of the molecule is C[C@H]1C=CC(=O)C2CN1C(=O)c1c(OCc3ccccc3)c(=O)c(C(=O)NCc3ccc(F)cc3F)cn12. The lowest BCUT2D eigenvalue weighted by atomic mass is 10.0. The van der Waals surface area contributed by atoms with E-state index in [-0.39, 0.29) is 48.0 Å². The lowest BCUT2D eigenvalue weighted by Gasteiger charge is -2.36. The second kappa shape index (κ2) is 10.0. The van der Waals surface area contributed by atoms with Gasteiger partial charge in [0.1, 0.15) is 29.8 Å². The molecule has 1 unspecified atom stereocenters. The van der Waals surface area contributed by atoms with Gasteiger partial charge in [0.15, 0.2) is 17.2 Å². The molecule has 2 amide bonds. The molecule has 2 aromatic carbocycles. The smallest absolute Gasteiger partial charge is 0.275 e. The lowest BCUT2D eigenvalue weighted by molar-refractivity contribution is -0.118. The number of fused-ring (bicyclic) bond motifs is 4. The van der Waals surface area contributed by atoms with Crippen molar-refractivity contribution < 1.29 is 27.9 Å². The number of rotatable bonds is 6. The van der Waals surface area contributed by atoms with E-state index >= 15 is 0 Å². The highest BCUT2D eigenvalue weighted by atomic mass is 19.1. The van der Waals surface area contributed by atoms with Gasteiger partial charge in [0.25, 0.3) is 11.8 Å². The Labute approximate surface area is 216 Å². The summed E-state index contributed by atoms with van der Waals surface area (Å²) in [7, 11) is 0. The van der Waals surface area contributed by atoms with Crippen molar-refractivity contribution in [1.29, 1.82) is 0 Å². The molecular formula is C28H23F2N3O5. The third-order valence-electron chi connectivity index (χ3n) is 6.65. The molecule has 1 aromatic heterocycles. The van der Waals surface area contributed by atoms with Crippen LogP contribution < -0.4 is 15.5 Å². The quantitative estimate of drug-likeness (QED) is 0.540. The van der Waals surface area contributed by atoms with Crippen molar-refractivity contribution >= 4 is 17.6 Å². The van der Waals surface area contributed by atoms with Crippen molar-refractivity contribution in [1.82, 2.24) is 14.8 Å². The number of halogens is 2. The molecule has 3 aromatic rings. The van der Waals surface area contributed by atoms with Crippen molar-refractivity contribution in [2.24, 2.45) is 0 Å². The lowest BCUT2D eigenvalue weighted by Crippen LogP contribution is -2.49. The molecule has 38 heavy (non-hydrogen) atoms. The fraction of sp³-hybridized carbons (Fsp3) is 0.214. The van der Waals surface area contributed by atoms with Crippen molar-refractivity contribution in [3.05, 3.63) is 111 Å². The van der Waals surface area contributed by atoms with E-state index in [4.69, 9.17) is 4.74 Å². The molecule has 8 nitrogen and oxygen atoms in total. The minimum Gasteiger partial charge on any atom is -0.483 e. The summed E-state index contributed by atoms with van der Waals surface area (Å²) in [5, 5.41) is 2.46. The number of allylic oxidation sites excluding steroid dienone is 1. The monoisotopic (exact) mass is 519 g/mol. The summed E-state index contributed by atoms with van der Waals surface area (Å²) >= 11 is 0. The van der Waals surface area contributed by atoms with Gasteiger partial charge in [-0.3, -0.25) is 19.2 Å². The number of carbonyl (C=O) groups excluding carboxylic acids is 3. The van der Waals surface area contributed by atoms with Crippen molar-refractivity contribution in [2.45, 2.75) is 32.2 Å². The predicted octanol–water partition coefficient (Wildman–Crippen LogP) is 3.16. The highest BCUT2D eigenvalue weighted by Gasteiger charge is 2.41. The minimum absolute atomic E-state index is 0.0160. The molecule has 3 heterocycles. The van der Waals surface area contributed by atoms with Crippen LogP contribution in [0.5, 0.6) is 5.75 Å². The number of carbonyl (C=O) groups is 3. The van der Waals surface area contributed by atoms with Crippen LogP contribution in [0.4, 0.5) is 8.78 Å². The Kier molecular flexibility index (Phi) is 6.62. The molecule has 0 radical (unpaired) electrons. The maximum Gasteiger partial charge on any atom is 0.275 e. The number of ether oxygens (including phenoxy) is 1. The van der Waals surface area contributed by atoms with Crippen LogP contribution in [0.15, 0.2) is 71.7 Å². The van der Waals surface area contributed by atoms with Crippen LogP contribution in [-0.4, -0.2) is 39.7 Å². The third kappa shape index (κ3) is 4.60. The van der Waals surface area contributed by atoms with Crippen LogP contribution >= 0.6 is 0 Å². The number of hydrogen-bond donors (Lipinski definition) is 1. The molecule has 2 aliphatic rings. The van der Waals surface area contributed by atoms with Gasteiger partial charge in [-0.1, -0.05) is 42.5 Å². The summed E-state index contributed by atoms with van der Waals surface area (Å²) in [6, 6.07) is 10.6. The molecule has 0 fully saturated rings. The third-order valence-corrected chi connectivity index (χ3v) is 6.65. The van der Waals surface area contributed by atoms with E-state index in [9.17, 15) is 28.0 Å². The zero-order valence-electron chi connectivity index (χ0n) is 20.3. The van der Waals surface area contributed by atoms with Crippen molar-refractivity contribution in [2.75, 3.05) is 6.54 Å². The van der Waals surface area contributed by atoms with Gasteiger partial charge >= 0.3 is 0 Å². The Hall–Kier alpha value is -4.60. The molecule has 0 saturated heterocycles. The topological polar surface area (TPSA) is 97.7 Å². The maximum absolute atomic E-state index is 14.1. The summed E-state index contributed by atoms with van der Waals surface area (Å²) in [5.74, 6) is -3.63. The number of pyridine rings is 1. The maximum atomic E-state index is 14.1. The molecule has 2 aliphatic heterocycles. The second-order valence-corrected chi connectivity index (χ2v) is 9.12. The Balaban J connectivity index is 1.57. The van der Waals surface area contributed by atoms with Crippen LogP contribution in [0.1, 0.15) is 44.9 Å². The van der Waals surface area contributed by atoms with Gasteiger partial charge in [-0.25, -0.2) is 8.78 Å². The summed E-state index contributed by atoms with van der Waals surface area (Å²) in [5.41, 5.74) is -0.603. The molecule has 2 bridgehead atoms. The van der Waals surface area contributed by atoms with E-state index in [1.807, 2.05) is 6.07 Å². The molecule has 194 valence electrons. The largest absolute Gasteiger partial charge is 0.483 e. The van der Waals surface area contributed by atoms with Gasteiger partial charge in [-0.2, -0.15) is 0 Å². The molecule has 5 rings (SSSR count). The van der Waals surface area contributed by atoms with Gasteiger partial charge in [0.05, 0.1) is 0 Å². The van der Waals surface area contributed by atoms with E-state index < -0.39 is 41.0 Å². The zero-order chi connectivity index (χ0) is 27.0. The Morgan fingerprint density at radius 1 is 1.11 bits per heavy atom. The summed E-state index contributed by atoms with van der Waals surface area (Å²) in [6.07, 6.45) is 4.17. The fourth-order valence-corrected chi connectivity index (χ4v) is 4.54. The first-order valence-corrected chi connectivity index (χ1v) is 12.0. The summed E-state index contributed by atoms with van der Waals surface area (Å²) < 4.78 is 34.5. The molecule has 0 saturated carbocycles. The summed E-state index contributed by atoms with van der Waals surface area (Å²) in [4.78, 5) is 54.6. The van der Waals surface area contributed by atoms with E-state index in [0.29, 0.717) is 6.07 Å². The second-order valence-electron chi connectivity index (χ2n) is 9.12. The van der Waals surface area contributed by atoms with Crippen LogP contribution in [0.3, 0.4) is 0 Å². The first-order chi connectivity index (χ1) is 18.2. The number of aromatic nitrogens is 1. The standard InChI is InChI=1S/C28H23F2N3O5/c1-16-7-10-23(34)22-14-32(16)28(37)24-26(38-15-17-5-3-2-4-6-17)25(35)20(13-33(22)24)27(36)31-12-18-8-9-19(29)11-21(18)30/h2-11,13,16,22H,12,14-15H2,1H3,(H,31,36)/t16-,22?/m0/s1. The Morgan fingerprint density at radius 2 is 1.87 bits per heavy atom. The van der Waals surface area contributed by atoms with E-state index in [0.717, 1.165) is 11.6 Å². The van der Waals surface area contributed by atoms with E-state index in [1.165, 1.54) is 27.8 Å². The number of hydrogen-bond acceptors (Lipinski definition) is 5. The molecule has 10 heteroatoms. The number of benzene rings is 2. The normalized spacial score (nSPS) is 18.1. The average molecular weight is 520 g/mol. The van der Waals surface area contributed by atoms with E-state index in [1.54, 1.807) is 37.3 Å². The van der Waals surface area contributed by atoms with Crippen molar-refractivity contribution in [3.8, 4) is 5.75 Å². The van der Waals surface area contributed by atoms with E-state index in [2.05, 4.69) is 5.32 Å². The molecular weight excluding hydrogens is 496 g/mol. The number of ketones is 1. The summed E-state index contributed by atoms with van der Waals surface area (Å²) in [6.45, 7) is 1.44. The van der Waals surface area contributed by atoms with Gasteiger partial charge in [-0.15, -0.1) is 0 Å². The highest BCUT2D eigenvalue weighted by Crippen LogP contribution is 2.31. The minimum atomic E-state index is -0.871. The number of nitrogens with one attached hydrogen (secondary N) is 1. The van der Waals surface area contributed by atoms with Gasteiger partial charge < -0.3 is 19.5 Å². The molecule has 2 atom stereocenters. The first kappa shape index (κ1) is 25.1. The van der Waals surface area contributed by atoms with Crippen molar-refractivity contribution in [3.63, 3.8) is 0 Å². The number of amides is 2. The first-order valence-electron chi connectivity index (χ1n) is 12.0. The van der Waals surface area contributed by atoms with Gasteiger partial charge in [0, 0.05) is 37.0 Å². The zero-order valence-corrected chi connectivity index (χ0v) is 20.3. The molecule has 0 spiro atoms. The van der Waals surface area contributed by atoms with Crippen LogP contribution in [0.2, 0.25) is 0 Å². The van der Waals surface area contributed by atoms with Crippen LogP contribution in [0.25, 0.3) is 0 Å².